The molecule has 1 atom stereocenters. The van der Waals surface area contributed by atoms with Crippen molar-refractivity contribution in [3.05, 3.63) is 71.4 Å². The first kappa shape index (κ1) is 16.4. The van der Waals surface area contributed by atoms with Crippen LogP contribution in [0.15, 0.2) is 54.6 Å². The zero-order valence-electron chi connectivity index (χ0n) is 14.9. The van der Waals surface area contributed by atoms with Crippen LogP contribution in [0.25, 0.3) is 11.3 Å². The van der Waals surface area contributed by atoms with Gasteiger partial charge in [-0.25, -0.2) is 0 Å². The van der Waals surface area contributed by atoms with Gasteiger partial charge in [0.15, 0.2) is 6.10 Å². The van der Waals surface area contributed by atoms with Crippen molar-refractivity contribution in [2.24, 2.45) is 0 Å². The van der Waals surface area contributed by atoms with Gasteiger partial charge in [-0.3, -0.25) is 9.89 Å². The Morgan fingerprint density at radius 1 is 1.12 bits per heavy atom. The number of hydrogen-bond donors (Lipinski definition) is 1. The summed E-state index contributed by atoms with van der Waals surface area (Å²) >= 11 is 0. The van der Waals surface area contributed by atoms with Crippen molar-refractivity contribution in [2.75, 3.05) is 0 Å². The number of hydrogen-bond acceptors (Lipinski definition) is 3. The summed E-state index contributed by atoms with van der Waals surface area (Å²) in [5.41, 5.74) is 5.31. The Labute approximate surface area is 152 Å². The number of amides is 1. The van der Waals surface area contributed by atoms with E-state index in [2.05, 4.69) is 29.3 Å². The van der Waals surface area contributed by atoms with Crippen LogP contribution in [0.5, 0.6) is 5.75 Å². The molecule has 3 aromatic rings. The van der Waals surface area contributed by atoms with Gasteiger partial charge in [-0.1, -0.05) is 42.5 Å². The summed E-state index contributed by atoms with van der Waals surface area (Å²) in [6.45, 7) is 4.96. The summed E-state index contributed by atoms with van der Waals surface area (Å²) in [6.07, 6.45) is -0.531. The van der Waals surface area contributed by atoms with E-state index in [1.54, 1.807) is 6.92 Å². The van der Waals surface area contributed by atoms with Gasteiger partial charge in [-0.15, -0.1) is 0 Å². The largest absolute Gasteiger partial charge is 0.481 e. The zero-order chi connectivity index (χ0) is 18.1. The number of benzene rings is 2. The number of para-hydroxylation sites is 1. The summed E-state index contributed by atoms with van der Waals surface area (Å²) in [5.74, 6) is 0.683. The molecule has 0 saturated carbocycles. The number of aryl methyl sites for hydroxylation is 1. The van der Waals surface area contributed by atoms with Gasteiger partial charge in [0.2, 0.25) is 0 Å². The fraction of sp³-hybridized carbons (Fsp3) is 0.238. The topological polar surface area (TPSA) is 58.2 Å². The molecule has 4 rings (SSSR count). The summed E-state index contributed by atoms with van der Waals surface area (Å²) < 4.78 is 5.78. The second kappa shape index (κ2) is 6.67. The first-order valence-corrected chi connectivity index (χ1v) is 8.76. The summed E-state index contributed by atoms with van der Waals surface area (Å²) in [6, 6.07) is 17.6. The molecule has 1 aliphatic rings. The lowest BCUT2D eigenvalue weighted by Crippen LogP contribution is -2.37. The zero-order valence-corrected chi connectivity index (χ0v) is 14.9. The average molecular weight is 347 g/mol. The normalized spacial score (nSPS) is 14.2. The van der Waals surface area contributed by atoms with Crippen LogP contribution in [-0.4, -0.2) is 27.1 Å². The van der Waals surface area contributed by atoms with Crippen LogP contribution < -0.4 is 4.74 Å². The highest BCUT2D eigenvalue weighted by atomic mass is 16.5. The molecule has 1 amide bonds. The number of aromatic nitrogens is 2. The van der Waals surface area contributed by atoms with E-state index in [9.17, 15) is 4.79 Å². The highest BCUT2D eigenvalue weighted by Crippen LogP contribution is 2.32. The molecule has 132 valence electrons. The van der Waals surface area contributed by atoms with E-state index in [4.69, 9.17) is 4.74 Å². The Morgan fingerprint density at radius 2 is 1.85 bits per heavy atom. The molecule has 0 aliphatic carbocycles. The minimum atomic E-state index is -0.531. The quantitative estimate of drug-likeness (QED) is 0.783. The van der Waals surface area contributed by atoms with E-state index in [-0.39, 0.29) is 5.91 Å². The summed E-state index contributed by atoms with van der Waals surface area (Å²) in [5, 5.41) is 7.58. The molecule has 1 aromatic heterocycles. The van der Waals surface area contributed by atoms with Crippen molar-refractivity contribution in [1.82, 2.24) is 15.1 Å². The minimum Gasteiger partial charge on any atom is -0.481 e. The van der Waals surface area contributed by atoms with E-state index in [0.717, 1.165) is 22.5 Å². The maximum absolute atomic E-state index is 12.8. The van der Waals surface area contributed by atoms with E-state index in [1.807, 2.05) is 47.4 Å². The van der Waals surface area contributed by atoms with Crippen molar-refractivity contribution >= 4 is 5.91 Å². The maximum atomic E-state index is 12.8. The average Bonchev–Trinajstić information content (AvgIpc) is 3.23. The van der Waals surface area contributed by atoms with Gasteiger partial charge >= 0.3 is 0 Å². The highest BCUT2D eigenvalue weighted by Gasteiger charge is 2.31. The number of carbonyl (C=O) groups excluding carboxylic acids is 1. The van der Waals surface area contributed by atoms with Crippen LogP contribution in [0.3, 0.4) is 0 Å². The number of nitrogens with zero attached hydrogens (tertiary/aromatic N) is 2. The van der Waals surface area contributed by atoms with Crippen LogP contribution in [-0.2, 0) is 17.9 Å². The van der Waals surface area contributed by atoms with Gasteiger partial charge < -0.3 is 9.64 Å². The number of fused-ring (bicyclic) bond motifs is 1. The SMILES string of the molecule is Cc1ccccc1-c1n[nH]c2c1CN(C(=O)C(C)Oc1ccccc1)C2. The van der Waals surface area contributed by atoms with E-state index >= 15 is 0 Å². The number of carbonyl (C=O) groups is 1. The Balaban J connectivity index is 1.51. The minimum absolute atomic E-state index is 0.0193. The maximum Gasteiger partial charge on any atom is 0.264 e. The molecule has 0 fully saturated rings. The lowest BCUT2D eigenvalue weighted by Gasteiger charge is -2.21. The van der Waals surface area contributed by atoms with E-state index in [0.29, 0.717) is 18.8 Å². The molecule has 1 N–H and O–H groups in total. The van der Waals surface area contributed by atoms with Gasteiger partial charge in [-0.05, 0) is 31.5 Å². The van der Waals surface area contributed by atoms with Crippen LogP contribution >= 0.6 is 0 Å². The summed E-state index contributed by atoms with van der Waals surface area (Å²) in [7, 11) is 0. The number of H-pyrrole nitrogens is 1. The Morgan fingerprint density at radius 3 is 2.62 bits per heavy atom. The van der Waals surface area contributed by atoms with Crippen LogP contribution in [0.2, 0.25) is 0 Å². The molecule has 5 heteroatoms. The second-order valence-electron chi connectivity index (χ2n) is 6.61. The Hall–Kier alpha value is -3.08. The fourth-order valence-electron chi connectivity index (χ4n) is 3.37. The molecule has 2 aromatic carbocycles. The lowest BCUT2D eigenvalue weighted by atomic mass is 10.0. The van der Waals surface area contributed by atoms with Crippen molar-refractivity contribution in [3.8, 4) is 17.0 Å². The summed E-state index contributed by atoms with van der Waals surface area (Å²) in [4.78, 5) is 14.6. The molecular formula is C21H21N3O2. The molecule has 2 heterocycles. The van der Waals surface area contributed by atoms with Gasteiger partial charge in [-0.2, -0.15) is 5.10 Å². The van der Waals surface area contributed by atoms with Gasteiger partial charge in [0.1, 0.15) is 5.75 Å². The smallest absolute Gasteiger partial charge is 0.264 e. The Kier molecular flexibility index (Phi) is 4.21. The van der Waals surface area contributed by atoms with Crippen molar-refractivity contribution in [3.63, 3.8) is 0 Å². The molecule has 0 saturated heterocycles. The Bertz CT molecular complexity index is 933. The predicted octanol–water partition coefficient (Wildman–Crippen LogP) is 3.69. The monoisotopic (exact) mass is 347 g/mol. The second-order valence-corrected chi connectivity index (χ2v) is 6.61. The van der Waals surface area contributed by atoms with Crippen LogP contribution in [0, 0.1) is 6.92 Å². The fourth-order valence-corrected chi connectivity index (χ4v) is 3.37. The van der Waals surface area contributed by atoms with Crippen molar-refractivity contribution in [2.45, 2.75) is 33.0 Å². The molecule has 0 spiro atoms. The van der Waals surface area contributed by atoms with E-state index < -0.39 is 6.10 Å². The predicted molar refractivity (Wildman–Crippen MR) is 99.5 cm³/mol. The molecule has 26 heavy (non-hydrogen) atoms. The standard InChI is InChI=1S/C21H21N3O2/c1-14-8-6-7-11-17(14)20-18-12-24(13-19(18)22-23-20)21(25)15(2)26-16-9-4-3-5-10-16/h3-11,15H,12-13H2,1-2H3,(H,22,23). The third kappa shape index (κ3) is 2.96. The van der Waals surface area contributed by atoms with Crippen LogP contribution in [0.1, 0.15) is 23.7 Å². The molecule has 1 aliphatic heterocycles. The molecule has 1 unspecified atom stereocenters. The lowest BCUT2D eigenvalue weighted by molar-refractivity contribution is -0.138. The number of ether oxygens (including phenoxy) is 1. The van der Waals surface area contributed by atoms with Crippen molar-refractivity contribution < 1.29 is 9.53 Å². The van der Waals surface area contributed by atoms with Crippen LogP contribution in [0.4, 0.5) is 0 Å². The first-order valence-electron chi connectivity index (χ1n) is 8.76. The molecule has 0 bridgehead atoms. The number of nitrogens with one attached hydrogen (secondary N) is 1. The number of rotatable bonds is 4. The van der Waals surface area contributed by atoms with Gasteiger partial charge in [0.25, 0.3) is 5.91 Å². The van der Waals surface area contributed by atoms with Gasteiger partial charge in [0.05, 0.1) is 24.5 Å². The molecule has 5 nitrogen and oxygen atoms in total. The molecular weight excluding hydrogens is 326 g/mol. The van der Waals surface area contributed by atoms with E-state index in [1.165, 1.54) is 5.56 Å². The third-order valence-electron chi connectivity index (χ3n) is 4.77. The van der Waals surface area contributed by atoms with Gasteiger partial charge in [0, 0.05) is 11.1 Å². The van der Waals surface area contributed by atoms with Crippen molar-refractivity contribution in [1.29, 1.82) is 0 Å². The third-order valence-corrected chi connectivity index (χ3v) is 4.77. The highest BCUT2D eigenvalue weighted by molar-refractivity contribution is 5.82. The number of aromatic amines is 1. The molecule has 0 radical (unpaired) electrons. The first-order chi connectivity index (χ1) is 12.6.